The molecule has 0 aliphatic heterocycles. The molecule has 2 nitrogen and oxygen atoms in total. The van der Waals surface area contributed by atoms with Crippen LogP contribution in [0.2, 0.25) is 0 Å². The Hall–Kier alpha value is 0.119. The van der Waals surface area contributed by atoms with Crippen molar-refractivity contribution < 1.29 is 17.1 Å². The zero-order chi connectivity index (χ0) is 5.41. The second-order valence-electron chi connectivity index (χ2n) is 0.183. The molecule has 0 aromatic heterocycles. The average Bonchev–Trinajstić information content (AvgIpc) is 1.39. The van der Waals surface area contributed by atoms with E-state index in [4.69, 9.17) is 10.8 Å². The summed E-state index contributed by atoms with van der Waals surface area (Å²) < 4.78 is 0. The van der Waals surface area contributed by atoms with Crippen LogP contribution in [0.3, 0.4) is 0 Å². The van der Waals surface area contributed by atoms with Crippen LogP contribution >= 0.6 is 24.4 Å². The first-order valence-electron chi connectivity index (χ1n) is 0.855. The molecule has 0 bridgehead atoms. The Labute approximate surface area is 62.8 Å². The quantitative estimate of drug-likeness (QED) is 0.320. The van der Waals surface area contributed by atoms with Crippen LogP contribution in [0.15, 0.2) is 0 Å². The predicted molar refractivity (Wildman–Crippen MR) is 31.9 cm³/mol. The summed E-state index contributed by atoms with van der Waals surface area (Å²) in [4.78, 5) is 0. The fourth-order valence-electron chi connectivity index (χ4n) is 0. The monoisotopic (exact) mass is 179 g/mol. The van der Waals surface area contributed by atoms with Gasteiger partial charge in [-0.2, -0.15) is 10.3 Å². The maximum absolute atomic E-state index is 7.13. The van der Waals surface area contributed by atoms with Gasteiger partial charge in [0.1, 0.15) is 0 Å². The van der Waals surface area contributed by atoms with Gasteiger partial charge < -0.3 is 10.8 Å². The van der Waals surface area contributed by atoms with E-state index in [9.17, 15) is 0 Å². The summed E-state index contributed by atoms with van der Waals surface area (Å²) >= 11 is 7.40. The molecule has 1 radical (unpaired) electrons. The van der Waals surface area contributed by atoms with Crippen LogP contribution in [0.5, 0.6) is 0 Å². The SMILES string of the molecule is [Cu+2].[N-]=C=S.[N-]=C=S. The summed E-state index contributed by atoms with van der Waals surface area (Å²) in [5, 5.41) is 16.9. The van der Waals surface area contributed by atoms with Crippen molar-refractivity contribution in [3.05, 3.63) is 10.8 Å². The van der Waals surface area contributed by atoms with Gasteiger partial charge in [-0.15, -0.1) is 0 Å². The Morgan fingerprint density at radius 2 is 1.00 bits per heavy atom. The summed E-state index contributed by atoms with van der Waals surface area (Å²) in [5.74, 6) is 0. The molecule has 0 rings (SSSR count). The van der Waals surface area contributed by atoms with Gasteiger partial charge in [0, 0.05) is 0 Å². The van der Waals surface area contributed by atoms with Crippen LogP contribution in [0.1, 0.15) is 0 Å². The van der Waals surface area contributed by atoms with Gasteiger partial charge in [-0.3, -0.25) is 0 Å². The standard InChI is InChI=1S/2CNS.Cu/c2*2-1-3;/q2*-1;+2. The van der Waals surface area contributed by atoms with E-state index in [1.165, 1.54) is 10.3 Å². The molecule has 0 N–H and O–H groups in total. The third kappa shape index (κ3) is 7270. The molecule has 0 aliphatic rings. The molecule has 0 aliphatic carbocycles. The first kappa shape index (κ1) is 15.7. The smallest absolute Gasteiger partial charge is 0.753 e. The van der Waals surface area contributed by atoms with Crippen molar-refractivity contribution in [2.45, 2.75) is 0 Å². The van der Waals surface area contributed by atoms with Crippen LogP contribution in [-0.2, 0) is 17.1 Å². The number of isothiocyanates is 2. The average molecular weight is 180 g/mol. The normalized spacial score (nSPS) is 2.29. The minimum atomic E-state index is 0. The Kier molecular flexibility index (Phi) is 80.1. The van der Waals surface area contributed by atoms with E-state index in [2.05, 4.69) is 24.4 Å². The van der Waals surface area contributed by atoms with Gasteiger partial charge in [0.2, 0.25) is 0 Å². The summed E-state index contributed by atoms with van der Waals surface area (Å²) in [5.41, 5.74) is 0. The number of nitrogens with zero attached hydrogens (tertiary/aromatic N) is 2. The Balaban J connectivity index is -0.0000000400. The summed E-state index contributed by atoms with van der Waals surface area (Å²) in [6.07, 6.45) is 0. The van der Waals surface area contributed by atoms with Crippen LogP contribution in [0.25, 0.3) is 10.8 Å². The van der Waals surface area contributed by atoms with Crippen molar-refractivity contribution in [1.29, 1.82) is 0 Å². The van der Waals surface area contributed by atoms with Gasteiger partial charge >= 0.3 is 17.1 Å². The first-order valence-corrected chi connectivity index (χ1v) is 1.67. The van der Waals surface area contributed by atoms with Crippen molar-refractivity contribution in [3.8, 4) is 0 Å². The molecule has 0 aromatic rings. The minimum absolute atomic E-state index is 0. The fourth-order valence-corrected chi connectivity index (χ4v) is 0. The molecule has 7 heavy (non-hydrogen) atoms. The molecular weight excluding hydrogens is 180 g/mol. The van der Waals surface area contributed by atoms with Crippen molar-refractivity contribution in [1.82, 2.24) is 0 Å². The van der Waals surface area contributed by atoms with Crippen LogP contribution in [-0.4, -0.2) is 10.3 Å². The molecule has 0 aromatic carbocycles. The molecule has 41 valence electrons. The van der Waals surface area contributed by atoms with Crippen LogP contribution in [0, 0.1) is 0 Å². The summed E-state index contributed by atoms with van der Waals surface area (Å²) in [6.45, 7) is 0. The Bertz CT molecular complexity index is 67.7. The van der Waals surface area contributed by atoms with Crippen molar-refractivity contribution in [2.24, 2.45) is 0 Å². The molecule has 0 spiro atoms. The molecule has 5 heteroatoms. The van der Waals surface area contributed by atoms with E-state index in [0.717, 1.165) is 0 Å². The number of hydrogen-bond acceptors (Lipinski definition) is 2. The molecule has 0 unspecified atom stereocenters. The van der Waals surface area contributed by atoms with Gasteiger partial charge in [0.25, 0.3) is 0 Å². The van der Waals surface area contributed by atoms with Crippen molar-refractivity contribution in [2.75, 3.05) is 0 Å². The summed E-state index contributed by atoms with van der Waals surface area (Å²) in [7, 11) is 0. The first-order chi connectivity index (χ1) is 2.83. The molecule has 0 fully saturated rings. The Morgan fingerprint density at radius 3 is 1.00 bits per heavy atom. The van der Waals surface area contributed by atoms with E-state index >= 15 is 0 Å². The van der Waals surface area contributed by atoms with Gasteiger partial charge in [0.15, 0.2) is 0 Å². The van der Waals surface area contributed by atoms with Crippen molar-refractivity contribution >= 4 is 34.8 Å². The fraction of sp³-hybridized carbons (Fsp3) is 0. The van der Waals surface area contributed by atoms with Gasteiger partial charge in [0.05, 0.1) is 0 Å². The third-order valence-electron chi connectivity index (χ3n) is 0. The molecule has 0 heterocycles. The van der Waals surface area contributed by atoms with Crippen molar-refractivity contribution in [3.63, 3.8) is 0 Å². The number of hydrogen-bond donors (Lipinski definition) is 0. The third-order valence-corrected chi connectivity index (χ3v) is 0. The molecule has 0 saturated carbocycles. The van der Waals surface area contributed by atoms with Crippen LogP contribution in [0.4, 0.5) is 0 Å². The van der Waals surface area contributed by atoms with Gasteiger partial charge in [-0.1, -0.05) is 24.4 Å². The number of thiocarbonyl (C=S) groups is 2. The largest absolute Gasteiger partial charge is 2.00 e. The van der Waals surface area contributed by atoms with Gasteiger partial charge in [-0.05, 0) is 0 Å². The minimum Gasteiger partial charge on any atom is -0.753 e. The van der Waals surface area contributed by atoms with E-state index in [1.54, 1.807) is 0 Å². The Morgan fingerprint density at radius 1 is 1.00 bits per heavy atom. The predicted octanol–water partition coefficient (Wildman–Crippen LogP) is 1.31. The molecular formula is C2CuN2S2. The second-order valence-corrected chi connectivity index (χ2v) is 0.548. The van der Waals surface area contributed by atoms with E-state index in [-0.39, 0.29) is 17.1 Å². The maximum Gasteiger partial charge on any atom is 2.00 e. The zero-order valence-electron chi connectivity index (χ0n) is 3.01. The van der Waals surface area contributed by atoms with E-state index in [1.807, 2.05) is 0 Å². The van der Waals surface area contributed by atoms with Gasteiger partial charge in [-0.25, -0.2) is 0 Å². The maximum atomic E-state index is 7.13. The molecule has 0 amide bonds. The molecule has 0 saturated heterocycles. The molecule has 0 atom stereocenters. The number of rotatable bonds is 0. The second kappa shape index (κ2) is 35.7. The van der Waals surface area contributed by atoms with Crippen LogP contribution < -0.4 is 0 Å². The topological polar surface area (TPSA) is 44.6 Å². The van der Waals surface area contributed by atoms with E-state index < -0.39 is 0 Å². The zero-order valence-corrected chi connectivity index (χ0v) is 5.59. The summed E-state index contributed by atoms with van der Waals surface area (Å²) in [6, 6.07) is 0. The van der Waals surface area contributed by atoms with E-state index in [0.29, 0.717) is 0 Å².